The number of carbonyl (C=O) groups excluding carboxylic acids is 2. The zero-order chi connectivity index (χ0) is 33.5. The van der Waals surface area contributed by atoms with Gasteiger partial charge in [0.1, 0.15) is 22.8 Å². The van der Waals surface area contributed by atoms with Gasteiger partial charge in [0.25, 0.3) is 5.91 Å². The molecule has 1 N–H and O–H groups in total. The molecule has 2 amide bonds. The monoisotopic (exact) mass is 653 g/mol. The fourth-order valence-electron chi connectivity index (χ4n) is 6.33. The molecule has 0 saturated heterocycles. The zero-order valence-electron chi connectivity index (χ0n) is 25.4. The Labute approximate surface area is 264 Å². The Morgan fingerprint density at radius 1 is 1.02 bits per heavy atom. The average molecular weight is 654 g/mol. The summed E-state index contributed by atoms with van der Waals surface area (Å²) >= 11 is 0. The van der Waals surface area contributed by atoms with Crippen LogP contribution in [-0.2, 0) is 17.6 Å². The first kappa shape index (κ1) is 30.6. The third kappa shape index (κ3) is 5.42. The van der Waals surface area contributed by atoms with Crippen LogP contribution in [0.1, 0.15) is 56.0 Å². The summed E-state index contributed by atoms with van der Waals surface area (Å²) in [6.07, 6.45) is 1.30. The lowest BCUT2D eigenvalue weighted by atomic mass is 9.49. The van der Waals surface area contributed by atoms with E-state index < -0.39 is 41.1 Å². The smallest absolute Gasteiger partial charge is 0.444 e. The van der Waals surface area contributed by atoms with Crippen LogP contribution in [-0.4, -0.2) is 52.2 Å². The number of nitrogens with one attached hydrogen (secondary N) is 1. The van der Waals surface area contributed by atoms with Gasteiger partial charge in [-0.2, -0.15) is 9.78 Å². The third-order valence-corrected chi connectivity index (χ3v) is 8.67. The molecule has 244 valence electrons. The minimum Gasteiger partial charge on any atom is -0.444 e. The predicted molar refractivity (Wildman–Crippen MR) is 159 cm³/mol. The number of aromatic nitrogens is 5. The number of hydrogen-bond donors (Lipinski definition) is 1. The zero-order valence-corrected chi connectivity index (χ0v) is 25.4. The van der Waals surface area contributed by atoms with Gasteiger partial charge in [0.2, 0.25) is 0 Å². The quantitative estimate of drug-likeness (QED) is 0.197. The van der Waals surface area contributed by atoms with Crippen molar-refractivity contribution >= 4 is 34.4 Å². The molecule has 2 aromatic carbocycles. The van der Waals surface area contributed by atoms with Crippen LogP contribution in [0.5, 0.6) is 0 Å². The summed E-state index contributed by atoms with van der Waals surface area (Å²) in [5.74, 6) is -1.69. The van der Waals surface area contributed by atoms with Crippen LogP contribution in [0.25, 0.3) is 27.7 Å². The molecule has 3 aliphatic carbocycles. The van der Waals surface area contributed by atoms with Crippen LogP contribution in [0, 0.1) is 17.6 Å². The summed E-state index contributed by atoms with van der Waals surface area (Å²) < 4.78 is 76.9. The predicted octanol–water partition coefficient (Wildman–Crippen LogP) is 7.04. The van der Waals surface area contributed by atoms with E-state index in [9.17, 15) is 22.8 Å². The number of imidazole rings is 1. The number of amides is 2. The molecule has 3 aliphatic rings. The van der Waals surface area contributed by atoms with Gasteiger partial charge in [-0.3, -0.25) is 14.5 Å². The average Bonchev–Trinajstić information content (AvgIpc) is 3.61. The molecule has 0 radical (unpaired) electrons. The van der Waals surface area contributed by atoms with E-state index in [0.29, 0.717) is 36.2 Å². The maximum atomic E-state index is 15.8. The highest BCUT2D eigenvalue weighted by Crippen LogP contribution is 2.61. The highest BCUT2D eigenvalue weighted by atomic mass is 19.4. The fraction of sp³-hybridized carbons (Fsp3) is 0.344. The molecule has 47 heavy (non-hydrogen) atoms. The second-order valence-corrected chi connectivity index (χ2v) is 13.1. The molecule has 0 unspecified atom stereocenters. The lowest BCUT2D eigenvalue weighted by molar-refractivity contribution is -0.212. The van der Waals surface area contributed by atoms with Gasteiger partial charge in [0.05, 0.1) is 35.3 Å². The van der Waals surface area contributed by atoms with E-state index in [-0.39, 0.29) is 44.8 Å². The number of rotatable bonds is 6. The van der Waals surface area contributed by atoms with Gasteiger partial charge in [0.15, 0.2) is 5.82 Å². The molecule has 0 aliphatic heterocycles. The number of ether oxygens (including phenoxy) is 1. The Balaban J connectivity index is 1.21. The summed E-state index contributed by atoms with van der Waals surface area (Å²) in [5.41, 5.74) is -0.301. The van der Waals surface area contributed by atoms with Crippen molar-refractivity contribution in [2.24, 2.45) is 5.92 Å². The third-order valence-electron chi connectivity index (χ3n) is 8.67. The first-order chi connectivity index (χ1) is 22.1. The fourth-order valence-corrected chi connectivity index (χ4v) is 6.33. The number of fused-ring (bicyclic) bond motifs is 3. The number of anilines is 1. The van der Waals surface area contributed by atoms with E-state index >= 15 is 8.78 Å². The highest BCUT2D eigenvalue weighted by molar-refractivity contribution is 6.00. The van der Waals surface area contributed by atoms with Crippen molar-refractivity contribution in [3.8, 4) is 11.1 Å². The Morgan fingerprint density at radius 2 is 1.77 bits per heavy atom. The molecule has 10 nitrogen and oxygen atoms in total. The molecule has 3 aromatic heterocycles. The summed E-state index contributed by atoms with van der Waals surface area (Å²) in [5, 5.41) is 5.87. The van der Waals surface area contributed by atoms with Gasteiger partial charge in [-0.05, 0) is 63.6 Å². The molecule has 5 aromatic rings. The van der Waals surface area contributed by atoms with Gasteiger partial charge in [-0.25, -0.2) is 23.5 Å². The summed E-state index contributed by atoms with van der Waals surface area (Å²) in [6, 6.07) is 6.43. The molecule has 15 heteroatoms. The van der Waals surface area contributed by atoms with Crippen molar-refractivity contribution in [2.75, 3.05) is 5.32 Å². The van der Waals surface area contributed by atoms with Crippen molar-refractivity contribution < 1.29 is 36.3 Å². The van der Waals surface area contributed by atoms with Crippen LogP contribution in [0.3, 0.4) is 0 Å². The lowest BCUT2D eigenvalue weighted by Gasteiger charge is -2.66. The Kier molecular flexibility index (Phi) is 6.81. The van der Waals surface area contributed by atoms with E-state index in [2.05, 4.69) is 20.4 Å². The molecular weight excluding hydrogens is 625 g/mol. The van der Waals surface area contributed by atoms with Crippen molar-refractivity contribution in [1.82, 2.24) is 29.0 Å². The minimum atomic E-state index is -4.71. The maximum absolute atomic E-state index is 15.8. The topological polar surface area (TPSA) is 107 Å². The van der Waals surface area contributed by atoms with Crippen LogP contribution >= 0.6 is 0 Å². The molecule has 2 bridgehead atoms. The first-order valence-corrected chi connectivity index (χ1v) is 14.8. The Hall–Kier alpha value is -5.08. The van der Waals surface area contributed by atoms with E-state index in [1.807, 2.05) is 0 Å². The van der Waals surface area contributed by atoms with Crippen molar-refractivity contribution in [1.29, 1.82) is 0 Å². The molecule has 8 rings (SSSR count). The van der Waals surface area contributed by atoms with Crippen LogP contribution in [0.2, 0.25) is 0 Å². The highest BCUT2D eigenvalue weighted by Gasteiger charge is 2.61. The van der Waals surface area contributed by atoms with E-state index in [4.69, 9.17) is 4.74 Å². The molecule has 3 fully saturated rings. The van der Waals surface area contributed by atoms with Crippen LogP contribution < -0.4 is 5.32 Å². The number of hydrogen-bond acceptors (Lipinski definition) is 6. The lowest BCUT2D eigenvalue weighted by Crippen LogP contribution is -2.69. The Morgan fingerprint density at radius 3 is 2.38 bits per heavy atom. The van der Waals surface area contributed by atoms with Gasteiger partial charge in [0, 0.05) is 35.5 Å². The molecular formula is C32H28F5N7O3. The number of nitrogens with zero attached hydrogens (tertiary/aromatic N) is 6. The molecule has 3 saturated carbocycles. The summed E-state index contributed by atoms with van der Waals surface area (Å²) in [7, 11) is 0. The Bertz CT molecular complexity index is 2060. The second kappa shape index (κ2) is 10.5. The minimum absolute atomic E-state index is 0.0715. The molecule has 0 spiro atoms. The summed E-state index contributed by atoms with van der Waals surface area (Å²) in [4.78, 5) is 36.6. The standard InChI is InChI=1S/C32H28F5N7O3/c1-30(2,3)47-29(46)41-27-26-13-38-16-42(26)25-7-21(23(34)8-24(25)40-27)28(45)43(31-9-17(10-31)11-31)14-19-5-4-18(6-22(19)33)20-12-39-44(15-20)32(35,36)37/h4-8,12-13,15-17H,9-11,14H2,1-3H3,(H,40,41,46). The van der Waals surface area contributed by atoms with Crippen molar-refractivity contribution in [3.05, 3.63) is 78.0 Å². The van der Waals surface area contributed by atoms with E-state index in [1.54, 1.807) is 25.2 Å². The van der Waals surface area contributed by atoms with E-state index in [1.165, 1.54) is 35.6 Å². The van der Waals surface area contributed by atoms with E-state index in [0.717, 1.165) is 24.5 Å². The second-order valence-electron chi connectivity index (χ2n) is 13.1. The van der Waals surface area contributed by atoms with Crippen LogP contribution in [0.15, 0.2) is 55.2 Å². The SMILES string of the molecule is CC(C)(C)OC(=O)Nc1nc2cc(F)c(C(=O)N(Cc3ccc(-c4cnn(C(F)(F)F)c4)cc3F)C34CC(C3)C4)cc2n2cncc12. The number of halogens is 5. The van der Waals surface area contributed by atoms with Crippen LogP contribution in [0.4, 0.5) is 32.6 Å². The van der Waals surface area contributed by atoms with Gasteiger partial charge >= 0.3 is 12.4 Å². The van der Waals surface area contributed by atoms with Crippen molar-refractivity contribution in [2.45, 2.75) is 64.0 Å². The molecule has 3 heterocycles. The summed E-state index contributed by atoms with van der Waals surface area (Å²) in [6.45, 7) is 4.95. The number of benzene rings is 2. The number of alkyl halides is 3. The van der Waals surface area contributed by atoms with Gasteiger partial charge < -0.3 is 9.64 Å². The van der Waals surface area contributed by atoms with Gasteiger partial charge in [-0.15, -0.1) is 13.2 Å². The van der Waals surface area contributed by atoms with Gasteiger partial charge in [-0.1, -0.05) is 12.1 Å². The largest absolute Gasteiger partial charge is 0.504 e. The molecule has 0 atom stereocenters. The maximum Gasteiger partial charge on any atom is 0.504 e. The first-order valence-electron chi connectivity index (χ1n) is 14.8. The normalized spacial score (nSPS) is 18.9. The number of carbonyl (C=O) groups is 2. The van der Waals surface area contributed by atoms with Crippen molar-refractivity contribution in [3.63, 3.8) is 0 Å².